The van der Waals surface area contributed by atoms with E-state index in [0.29, 0.717) is 24.1 Å². The van der Waals surface area contributed by atoms with Gasteiger partial charge in [-0.3, -0.25) is 19.7 Å². The first-order valence-corrected chi connectivity index (χ1v) is 10.7. The van der Waals surface area contributed by atoms with Crippen LogP contribution in [0.3, 0.4) is 0 Å². The van der Waals surface area contributed by atoms with Crippen molar-refractivity contribution in [1.29, 1.82) is 0 Å². The summed E-state index contributed by atoms with van der Waals surface area (Å²) in [7, 11) is 0. The largest absolute Gasteiger partial charge is 0.507 e. The Kier molecular flexibility index (Phi) is 7.37. The quantitative estimate of drug-likeness (QED) is 0.211. The van der Waals surface area contributed by atoms with Crippen LogP contribution in [0, 0.1) is 10.1 Å². The molecule has 168 valence electrons. The van der Waals surface area contributed by atoms with E-state index < -0.39 is 22.7 Å². The molecule has 1 atom stereocenters. The molecule has 8 nitrogen and oxygen atoms in total. The van der Waals surface area contributed by atoms with Crippen LogP contribution in [-0.2, 0) is 9.59 Å². The number of aliphatic hydroxyl groups is 1. The van der Waals surface area contributed by atoms with E-state index in [1.807, 2.05) is 0 Å². The van der Waals surface area contributed by atoms with Gasteiger partial charge in [0.25, 0.3) is 17.4 Å². The predicted molar refractivity (Wildman–Crippen MR) is 121 cm³/mol. The van der Waals surface area contributed by atoms with Gasteiger partial charge in [0.2, 0.25) is 0 Å². The highest BCUT2D eigenvalue weighted by Gasteiger charge is 2.45. The second kappa shape index (κ2) is 10.2. The van der Waals surface area contributed by atoms with Crippen LogP contribution in [-0.4, -0.2) is 57.7 Å². The lowest BCUT2D eigenvalue weighted by atomic mass is 9.95. The van der Waals surface area contributed by atoms with E-state index in [0.717, 1.165) is 19.6 Å². The number of amides is 1. The van der Waals surface area contributed by atoms with Crippen molar-refractivity contribution >= 4 is 23.1 Å². The zero-order valence-corrected chi connectivity index (χ0v) is 18.2. The van der Waals surface area contributed by atoms with Gasteiger partial charge >= 0.3 is 0 Å². The molecule has 3 rings (SSSR count). The van der Waals surface area contributed by atoms with Crippen molar-refractivity contribution in [2.45, 2.75) is 26.3 Å². The Hall–Kier alpha value is -3.52. The number of ketones is 1. The summed E-state index contributed by atoms with van der Waals surface area (Å²) >= 11 is 0. The van der Waals surface area contributed by atoms with Crippen LogP contribution in [0.5, 0.6) is 0 Å². The molecule has 1 aliphatic rings. The van der Waals surface area contributed by atoms with Gasteiger partial charge in [-0.2, -0.15) is 0 Å². The summed E-state index contributed by atoms with van der Waals surface area (Å²) in [5, 5.41) is 22.0. The maximum absolute atomic E-state index is 13.0. The number of non-ortho nitro benzene ring substituents is 1. The Balaban J connectivity index is 2.02. The summed E-state index contributed by atoms with van der Waals surface area (Å²) < 4.78 is 0. The van der Waals surface area contributed by atoms with Crippen molar-refractivity contribution < 1.29 is 19.6 Å². The van der Waals surface area contributed by atoms with Gasteiger partial charge in [0.1, 0.15) is 5.76 Å². The zero-order chi connectivity index (χ0) is 23.3. The Bertz CT molecular complexity index is 1010. The van der Waals surface area contributed by atoms with E-state index in [4.69, 9.17) is 0 Å². The Morgan fingerprint density at radius 2 is 1.69 bits per heavy atom. The number of benzene rings is 2. The third-order valence-corrected chi connectivity index (χ3v) is 5.77. The van der Waals surface area contributed by atoms with Crippen molar-refractivity contribution in [3.8, 4) is 0 Å². The fraction of sp³-hybridized carbons (Fsp3) is 0.333. The molecule has 0 aromatic heterocycles. The summed E-state index contributed by atoms with van der Waals surface area (Å²) in [6.45, 7) is 6.99. The number of nitro benzene ring substituents is 1. The Morgan fingerprint density at radius 1 is 1.06 bits per heavy atom. The summed E-state index contributed by atoms with van der Waals surface area (Å²) in [6.07, 6.45) is 0.656. The first-order valence-electron chi connectivity index (χ1n) is 10.7. The average Bonchev–Trinajstić information content (AvgIpc) is 3.07. The van der Waals surface area contributed by atoms with Crippen molar-refractivity contribution in [2.75, 3.05) is 26.2 Å². The maximum atomic E-state index is 13.0. The third-order valence-electron chi connectivity index (χ3n) is 5.77. The molecule has 0 aliphatic carbocycles. The van der Waals surface area contributed by atoms with Crippen molar-refractivity contribution in [2.24, 2.45) is 0 Å². The summed E-state index contributed by atoms with van der Waals surface area (Å²) in [5.41, 5.74) is 0.879. The Labute approximate surface area is 186 Å². The number of hydrogen-bond acceptors (Lipinski definition) is 6. The van der Waals surface area contributed by atoms with Gasteiger partial charge < -0.3 is 14.9 Å². The molecule has 2 aromatic rings. The number of nitro groups is 1. The first kappa shape index (κ1) is 23.1. The van der Waals surface area contributed by atoms with E-state index in [1.165, 1.54) is 29.2 Å². The topological polar surface area (TPSA) is 104 Å². The molecular weight excluding hydrogens is 410 g/mol. The van der Waals surface area contributed by atoms with E-state index in [-0.39, 0.29) is 17.0 Å². The molecule has 1 saturated heterocycles. The molecule has 1 amide bonds. The Morgan fingerprint density at radius 3 is 2.25 bits per heavy atom. The van der Waals surface area contributed by atoms with Crippen molar-refractivity contribution in [3.63, 3.8) is 0 Å². The lowest BCUT2D eigenvalue weighted by Gasteiger charge is -2.26. The van der Waals surface area contributed by atoms with Crippen LogP contribution in [0.2, 0.25) is 0 Å². The van der Waals surface area contributed by atoms with E-state index in [2.05, 4.69) is 18.7 Å². The fourth-order valence-corrected chi connectivity index (χ4v) is 3.99. The van der Waals surface area contributed by atoms with Crippen LogP contribution in [0.1, 0.15) is 37.4 Å². The molecule has 8 heteroatoms. The lowest BCUT2D eigenvalue weighted by molar-refractivity contribution is -0.384. The molecule has 1 fully saturated rings. The minimum Gasteiger partial charge on any atom is -0.507 e. The number of carbonyl (C=O) groups excluding carboxylic acids is 2. The summed E-state index contributed by atoms with van der Waals surface area (Å²) in [4.78, 5) is 40.1. The average molecular weight is 437 g/mol. The SMILES string of the molecule is CCN(CC)CCCN1C(=O)C(=O)/C(=C(/O)c2ccccc2)C1c1ccc([N+](=O)[O-])cc1. The molecule has 1 heterocycles. The van der Waals surface area contributed by atoms with E-state index in [9.17, 15) is 24.8 Å². The number of aliphatic hydroxyl groups excluding tert-OH is 1. The molecule has 1 unspecified atom stereocenters. The molecule has 2 aromatic carbocycles. The molecule has 0 radical (unpaired) electrons. The standard InChI is InChI=1S/C24H27N3O5/c1-3-25(4-2)15-8-16-26-21(17-11-13-19(14-12-17)27(31)32)20(23(29)24(26)30)22(28)18-9-6-5-7-10-18/h5-7,9-14,21,28H,3-4,8,15-16H2,1-2H3/b22-20+. The molecular formula is C24H27N3O5. The van der Waals surface area contributed by atoms with Gasteiger partial charge in [0.05, 0.1) is 16.5 Å². The second-order valence-electron chi connectivity index (χ2n) is 7.59. The number of rotatable bonds is 9. The highest BCUT2D eigenvalue weighted by molar-refractivity contribution is 6.46. The van der Waals surface area contributed by atoms with E-state index in [1.54, 1.807) is 30.3 Å². The van der Waals surface area contributed by atoms with Gasteiger partial charge in [-0.05, 0) is 43.8 Å². The minimum atomic E-state index is -0.812. The maximum Gasteiger partial charge on any atom is 0.295 e. The molecule has 0 spiro atoms. The molecule has 1 N–H and O–H groups in total. The molecule has 1 aliphatic heterocycles. The predicted octanol–water partition coefficient (Wildman–Crippen LogP) is 3.75. The van der Waals surface area contributed by atoms with Gasteiger partial charge in [0.15, 0.2) is 0 Å². The number of nitrogens with zero attached hydrogens (tertiary/aromatic N) is 3. The number of Topliss-reactive ketones (excluding diaryl/α,β-unsaturated/α-hetero) is 1. The van der Waals surface area contributed by atoms with Gasteiger partial charge in [-0.1, -0.05) is 44.2 Å². The van der Waals surface area contributed by atoms with Crippen LogP contribution in [0.15, 0.2) is 60.2 Å². The highest BCUT2D eigenvalue weighted by Crippen LogP contribution is 2.39. The normalized spacial score (nSPS) is 17.8. The number of likely N-dealkylation sites (tertiary alicyclic amines) is 1. The minimum absolute atomic E-state index is 0.00195. The second-order valence-corrected chi connectivity index (χ2v) is 7.59. The smallest absolute Gasteiger partial charge is 0.295 e. The van der Waals surface area contributed by atoms with Crippen LogP contribution >= 0.6 is 0 Å². The summed E-state index contributed by atoms with van der Waals surface area (Å²) in [5.74, 6) is -1.68. The monoisotopic (exact) mass is 437 g/mol. The first-order chi connectivity index (χ1) is 15.4. The van der Waals surface area contributed by atoms with Gasteiger partial charge in [-0.15, -0.1) is 0 Å². The van der Waals surface area contributed by atoms with Crippen molar-refractivity contribution in [1.82, 2.24) is 9.80 Å². The third kappa shape index (κ3) is 4.70. The van der Waals surface area contributed by atoms with E-state index >= 15 is 0 Å². The fourth-order valence-electron chi connectivity index (χ4n) is 3.99. The van der Waals surface area contributed by atoms with Crippen molar-refractivity contribution in [3.05, 3.63) is 81.4 Å². The lowest BCUT2D eigenvalue weighted by Crippen LogP contribution is -2.33. The number of carbonyl (C=O) groups is 2. The molecule has 0 saturated carbocycles. The number of hydrogen-bond donors (Lipinski definition) is 1. The van der Waals surface area contributed by atoms with Crippen LogP contribution in [0.4, 0.5) is 5.69 Å². The van der Waals surface area contributed by atoms with Gasteiger partial charge in [0, 0.05) is 24.2 Å². The zero-order valence-electron chi connectivity index (χ0n) is 18.2. The van der Waals surface area contributed by atoms with Gasteiger partial charge in [-0.25, -0.2) is 0 Å². The van der Waals surface area contributed by atoms with Crippen LogP contribution < -0.4 is 0 Å². The van der Waals surface area contributed by atoms with Crippen LogP contribution in [0.25, 0.3) is 5.76 Å². The molecule has 32 heavy (non-hydrogen) atoms. The highest BCUT2D eigenvalue weighted by atomic mass is 16.6. The molecule has 0 bridgehead atoms. The summed E-state index contributed by atoms with van der Waals surface area (Å²) in [6, 6.07) is 13.5.